The Kier molecular flexibility index (Phi) is 4.85. The number of rotatable bonds is 5. The highest BCUT2D eigenvalue weighted by molar-refractivity contribution is 7.71. The molecule has 0 saturated heterocycles. The van der Waals surface area contributed by atoms with Crippen molar-refractivity contribution < 1.29 is 0 Å². The smallest absolute Gasteiger partial charge is 0.181 e. The molecule has 1 heterocycles. The lowest BCUT2D eigenvalue weighted by Crippen LogP contribution is -2.21. The summed E-state index contributed by atoms with van der Waals surface area (Å²) in [6.07, 6.45) is 0. The van der Waals surface area contributed by atoms with Crippen LogP contribution >= 0.6 is 23.8 Å². The maximum absolute atomic E-state index is 6.07. The molecule has 0 atom stereocenters. The molecular formula is C18H20ClN3S. The summed E-state index contributed by atoms with van der Waals surface area (Å²) >= 11 is 11.7. The van der Waals surface area contributed by atoms with Crippen molar-refractivity contribution in [1.82, 2.24) is 14.0 Å². The summed E-state index contributed by atoms with van der Waals surface area (Å²) in [4.78, 5) is 2.24. The monoisotopic (exact) mass is 345 g/mol. The molecular weight excluding hydrogens is 326 g/mol. The normalized spacial score (nSPS) is 11.5. The SMILES string of the molecule is CCn1c(=S)n(CN(C)Cc2cccc(Cl)c2)c2ccccc21. The van der Waals surface area contributed by atoms with Gasteiger partial charge in [0, 0.05) is 18.1 Å². The van der Waals surface area contributed by atoms with Gasteiger partial charge in [-0.1, -0.05) is 35.9 Å². The first-order valence-electron chi connectivity index (χ1n) is 7.71. The summed E-state index contributed by atoms with van der Waals surface area (Å²) < 4.78 is 5.24. The highest BCUT2D eigenvalue weighted by Crippen LogP contribution is 2.19. The number of hydrogen-bond donors (Lipinski definition) is 0. The molecule has 0 bridgehead atoms. The number of imidazole rings is 1. The highest BCUT2D eigenvalue weighted by Gasteiger charge is 2.11. The molecule has 0 saturated carbocycles. The molecule has 120 valence electrons. The van der Waals surface area contributed by atoms with Gasteiger partial charge in [0.25, 0.3) is 0 Å². The summed E-state index contributed by atoms with van der Waals surface area (Å²) in [6.45, 7) is 4.58. The fourth-order valence-electron chi connectivity index (χ4n) is 2.95. The molecule has 0 aliphatic carbocycles. The Balaban J connectivity index is 1.89. The first-order valence-corrected chi connectivity index (χ1v) is 8.50. The fourth-order valence-corrected chi connectivity index (χ4v) is 3.55. The number of para-hydroxylation sites is 2. The van der Waals surface area contributed by atoms with Crippen LogP contribution in [-0.4, -0.2) is 21.1 Å². The van der Waals surface area contributed by atoms with Crippen molar-refractivity contribution in [3.05, 3.63) is 63.9 Å². The van der Waals surface area contributed by atoms with Crippen LogP contribution in [0.5, 0.6) is 0 Å². The number of aryl methyl sites for hydroxylation is 1. The third-order valence-electron chi connectivity index (χ3n) is 3.97. The largest absolute Gasteiger partial charge is 0.317 e. The number of hydrogen-bond acceptors (Lipinski definition) is 2. The molecule has 3 nitrogen and oxygen atoms in total. The predicted octanol–water partition coefficient (Wildman–Crippen LogP) is 4.94. The zero-order valence-electron chi connectivity index (χ0n) is 13.4. The average molecular weight is 346 g/mol. The van der Waals surface area contributed by atoms with E-state index in [0.29, 0.717) is 0 Å². The van der Waals surface area contributed by atoms with Gasteiger partial charge in [-0.25, -0.2) is 0 Å². The molecule has 1 aromatic heterocycles. The Hall–Kier alpha value is -1.62. The number of fused-ring (bicyclic) bond motifs is 1. The van der Waals surface area contributed by atoms with Crippen molar-refractivity contribution in [1.29, 1.82) is 0 Å². The van der Waals surface area contributed by atoms with Crippen molar-refractivity contribution in [2.24, 2.45) is 0 Å². The van der Waals surface area contributed by atoms with Crippen LogP contribution in [0.2, 0.25) is 5.02 Å². The Labute approximate surface area is 146 Å². The third-order valence-corrected chi connectivity index (χ3v) is 4.64. The lowest BCUT2D eigenvalue weighted by atomic mass is 10.2. The second-order valence-electron chi connectivity index (χ2n) is 5.73. The first-order chi connectivity index (χ1) is 11.1. The Morgan fingerprint density at radius 3 is 2.39 bits per heavy atom. The summed E-state index contributed by atoms with van der Waals surface area (Å²) in [5, 5.41) is 0.773. The van der Waals surface area contributed by atoms with Gasteiger partial charge in [-0.3, -0.25) is 4.90 Å². The molecule has 0 N–H and O–H groups in total. The van der Waals surface area contributed by atoms with Gasteiger partial charge >= 0.3 is 0 Å². The van der Waals surface area contributed by atoms with Crippen molar-refractivity contribution in [2.75, 3.05) is 7.05 Å². The predicted molar refractivity (Wildman–Crippen MR) is 99.4 cm³/mol. The number of nitrogens with zero attached hydrogens (tertiary/aromatic N) is 3. The van der Waals surface area contributed by atoms with Crippen LogP contribution < -0.4 is 0 Å². The molecule has 0 fully saturated rings. The maximum Gasteiger partial charge on any atom is 0.181 e. The molecule has 0 unspecified atom stereocenters. The van der Waals surface area contributed by atoms with Gasteiger partial charge < -0.3 is 9.13 Å². The summed E-state index contributed by atoms with van der Waals surface area (Å²) in [5.74, 6) is 0. The molecule has 23 heavy (non-hydrogen) atoms. The number of halogens is 1. The number of aromatic nitrogens is 2. The van der Waals surface area contributed by atoms with Crippen molar-refractivity contribution >= 4 is 34.9 Å². The molecule has 0 aliphatic heterocycles. The second kappa shape index (κ2) is 6.87. The molecule has 2 aromatic carbocycles. The number of benzene rings is 2. The Morgan fingerprint density at radius 2 is 1.74 bits per heavy atom. The summed E-state index contributed by atoms with van der Waals surface area (Å²) in [6, 6.07) is 16.4. The highest BCUT2D eigenvalue weighted by atomic mass is 35.5. The van der Waals surface area contributed by atoms with Gasteiger partial charge in [-0.15, -0.1) is 0 Å². The van der Waals surface area contributed by atoms with Gasteiger partial charge in [0.15, 0.2) is 4.77 Å². The minimum atomic E-state index is 0.749. The molecule has 5 heteroatoms. The average Bonchev–Trinajstić information content (AvgIpc) is 2.79. The van der Waals surface area contributed by atoms with Gasteiger partial charge in [0.2, 0.25) is 0 Å². The van der Waals surface area contributed by atoms with E-state index in [9.17, 15) is 0 Å². The van der Waals surface area contributed by atoms with E-state index in [2.05, 4.69) is 58.3 Å². The van der Waals surface area contributed by atoms with E-state index >= 15 is 0 Å². The molecule has 0 amide bonds. The van der Waals surface area contributed by atoms with Gasteiger partial charge in [0.05, 0.1) is 17.7 Å². The van der Waals surface area contributed by atoms with Crippen molar-refractivity contribution in [3.8, 4) is 0 Å². The topological polar surface area (TPSA) is 13.1 Å². The minimum absolute atomic E-state index is 0.749. The molecule has 3 aromatic rings. The van der Waals surface area contributed by atoms with E-state index in [1.54, 1.807) is 0 Å². The summed E-state index contributed by atoms with van der Waals surface area (Å²) in [7, 11) is 2.10. The van der Waals surface area contributed by atoms with Crippen LogP contribution in [0.15, 0.2) is 48.5 Å². The van der Waals surface area contributed by atoms with Crippen LogP contribution in [0.3, 0.4) is 0 Å². The van der Waals surface area contributed by atoms with Gasteiger partial charge in [0.1, 0.15) is 0 Å². The third kappa shape index (κ3) is 3.34. The van der Waals surface area contributed by atoms with Crippen molar-refractivity contribution in [2.45, 2.75) is 26.7 Å². The summed E-state index contributed by atoms with van der Waals surface area (Å²) in [5.41, 5.74) is 3.57. The standard InChI is InChI=1S/C18H20ClN3S/c1-3-21-16-9-4-5-10-17(16)22(18(21)23)13-20(2)12-14-7-6-8-15(19)11-14/h4-11H,3,12-13H2,1-2H3. The van der Waals surface area contributed by atoms with Crippen LogP contribution in [-0.2, 0) is 19.8 Å². The Bertz CT molecular complexity index is 881. The maximum atomic E-state index is 6.07. The zero-order chi connectivity index (χ0) is 16.4. The molecule has 0 radical (unpaired) electrons. The van der Waals surface area contributed by atoms with E-state index in [0.717, 1.165) is 29.6 Å². The van der Waals surface area contributed by atoms with Crippen LogP contribution in [0.1, 0.15) is 12.5 Å². The van der Waals surface area contributed by atoms with Gasteiger partial charge in [-0.05, 0) is 56.0 Å². The lowest BCUT2D eigenvalue weighted by Gasteiger charge is -2.18. The molecule has 0 aliphatic rings. The Morgan fingerprint density at radius 1 is 1.04 bits per heavy atom. The quantitative estimate of drug-likeness (QED) is 0.608. The van der Waals surface area contributed by atoms with E-state index in [1.165, 1.54) is 16.6 Å². The van der Waals surface area contributed by atoms with E-state index < -0.39 is 0 Å². The fraction of sp³-hybridized carbons (Fsp3) is 0.278. The van der Waals surface area contributed by atoms with E-state index in [-0.39, 0.29) is 0 Å². The van der Waals surface area contributed by atoms with E-state index in [4.69, 9.17) is 23.8 Å². The first kappa shape index (κ1) is 16.2. The zero-order valence-corrected chi connectivity index (χ0v) is 14.9. The van der Waals surface area contributed by atoms with Crippen LogP contribution in [0.4, 0.5) is 0 Å². The van der Waals surface area contributed by atoms with E-state index in [1.807, 2.05) is 18.2 Å². The molecule has 3 rings (SSSR count). The van der Waals surface area contributed by atoms with Crippen LogP contribution in [0, 0.1) is 4.77 Å². The van der Waals surface area contributed by atoms with Crippen LogP contribution in [0.25, 0.3) is 11.0 Å². The molecule has 0 spiro atoms. The van der Waals surface area contributed by atoms with Gasteiger partial charge in [-0.2, -0.15) is 0 Å². The minimum Gasteiger partial charge on any atom is -0.317 e. The van der Waals surface area contributed by atoms with Crippen molar-refractivity contribution in [3.63, 3.8) is 0 Å². The lowest BCUT2D eigenvalue weighted by molar-refractivity contribution is 0.262. The second-order valence-corrected chi connectivity index (χ2v) is 6.53.